The van der Waals surface area contributed by atoms with Gasteiger partial charge in [0, 0.05) is 11.5 Å². The summed E-state index contributed by atoms with van der Waals surface area (Å²) in [5, 5.41) is 6.34. The summed E-state index contributed by atoms with van der Waals surface area (Å²) in [7, 11) is -3.42. The smallest absolute Gasteiger partial charge is 0.199 e. The van der Waals surface area contributed by atoms with Crippen LogP contribution < -0.4 is 10.9 Å². The Morgan fingerprint density at radius 1 is 1.42 bits per heavy atom. The van der Waals surface area contributed by atoms with Crippen LogP contribution in [-0.4, -0.2) is 19.9 Å². The molecule has 0 saturated carbocycles. The summed E-state index contributed by atoms with van der Waals surface area (Å²) in [6.07, 6.45) is 4.04. The number of hydrogen-bond acceptors (Lipinski definition) is 6. The first kappa shape index (κ1) is 13.4. The molecule has 1 aromatic carbocycles. The fourth-order valence-corrected chi connectivity index (χ4v) is 2.13. The van der Waals surface area contributed by atoms with Crippen LogP contribution in [0.25, 0.3) is 0 Å². The predicted octanol–water partition coefficient (Wildman–Crippen LogP) is 1.69. The molecular weight excluding hydrogens is 288 g/mol. The van der Waals surface area contributed by atoms with Gasteiger partial charge in [-0.3, -0.25) is 10.9 Å². The van der Waals surface area contributed by atoms with Crippen LogP contribution in [0.15, 0.2) is 57.5 Å². The van der Waals surface area contributed by atoms with E-state index in [0.29, 0.717) is 10.8 Å². The molecule has 6 nitrogen and oxygen atoms in total. The molecule has 1 heterocycles. The Morgan fingerprint density at radius 2 is 2.11 bits per heavy atom. The SMILES string of the molecule is C=CS(=O)(=O)c1ccc(NN2N=[C]C=C(Cl)N2)cc1. The van der Waals surface area contributed by atoms with E-state index in [0.717, 1.165) is 5.41 Å². The maximum atomic E-state index is 11.5. The summed E-state index contributed by atoms with van der Waals surface area (Å²) in [6.45, 7) is 3.27. The number of hydrazine groups is 2. The molecule has 0 spiro atoms. The number of anilines is 1. The lowest BCUT2D eigenvalue weighted by molar-refractivity contribution is 0.281. The molecule has 0 fully saturated rings. The van der Waals surface area contributed by atoms with Crippen LogP contribution >= 0.6 is 11.6 Å². The van der Waals surface area contributed by atoms with Crippen molar-refractivity contribution in [3.05, 3.63) is 47.5 Å². The Balaban J connectivity index is 2.10. The minimum absolute atomic E-state index is 0.174. The topological polar surface area (TPSA) is 73.8 Å². The number of halogens is 1. The first-order valence-corrected chi connectivity index (χ1v) is 7.06. The highest BCUT2D eigenvalue weighted by atomic mass is 35.5. The molecule has 2 N–H and O–H groups in total. The number of rotatable bonds is 4. The highest BCUT2D eigenvalue weighted by Gasteiger charge is 2.10. The quantitative estimate of drug-likeness (QED) is 0.828. The van der Waals surface area contributed by atoms with Gasteiger partial charge in [-0.15, -0.1) is 10.3 Å². The van der Waals surface area contributed by atoms with Crippen LogP contribution in [-0.2, 0) is 9.84 Å². The van der Waals surface area contributed by atoms with E-state index in [1.54, 1.807) is 12.1 Å². The van der Waals surface area contributed by atoms with Gasteiger partial charge in [-0.1, -0.05) is 18.2 Å². The Labute approximate surface area is 115 Å². The van der Waals surface area contributed by atoms with Gasteiger partial charge in [-0.25, -0.2) is 8.42 Å². The summed E-state index contributed by atoms with van der Waals surface area (Å²) >= 11 is 5.74. The fraction of sp³-hybridized carbons (Fsp3) is 0. The van der Waals surface area contributed by atoms with Crippen LogP contribution in [0.1, 0.15) is 0 Å². The van der Waals surface area contributed by atoms with E-state index in [1.807, 2.05) is 0 Å². The van der Waals surface area contributed by atoms with E-state index in [-0.39, 0.29) is 4.90 Å². The van der Waals surface area contributed by atoms with Crippen molar-refractivity contribution in [2.45, 2.75) is 4.90 Å². The second-order valence-electron chi connectivity index (χ2n) is 3.49. The third-order valence-corrected chi connectivity index (χ3v) is 3.76. The van der Waals surface area contributed by atoms with Crippen molar-refractivity contribution in [2.75, 3.05) is 5.43 Å². The fourth-order valence-electron chi connectivity index (χ4n) is 1.29. The molecule has 1 aliphatic rings. The van der Waals surface area contributed by atoms with Gasteiger partial charge >= 0.3 is 0 Å². The zero-order valence-corrected chi connectivity index (χ0v) is 11.2. The third-order valence-electron chi connectivity index (χ3n) is 2.20. The average Bonchev–Trinajstić information content (AvgIpc) is 2.39. The molecule has 0 aliphatic carbocycles. The normalized spacial score (nSPS) is 14.6. The number of hydrazone groups is 1. The molecule has 0 atom stereocenters. The van der Waals surface area contributed by atoms with Crippen LogP contribution in [0.5, 0.6) is 0 Å². The number of hydrogen-bond donors (Lipinski definition) is 2. The second kappa shape index (κ2) is 5.33. The molecule has 0 bridgehead atoms. The Hall–Kier alpha value is -1.99. The highest BCUT2D eigenvalue weighted by molar-refractivity contribution is 7.94. The van der Waals surface area contributed by atoms with Crippen molar-refractivity contribution in [1.82, 2.24) is 10.7 Å². The van der Waals surface area contributed by atoms with Crippen molar-refractivity contribution in [3.8, 4) is 0 Å². The van der Waals surface area contributed by atoms with Crippen LogP contribution in [0.3, 0.4) is 0 Å². The minimum atomic E-state index is -3.42. The minimum Gasteiger partial charge on any atom is -0.263 e. The summed E-state index contributed by atoms with van der Waals surface area (Å²) < 4.78 is 23.1. The zero-order chi connectivity index (χ0) is 13.9. The first-order chi connectivity index (χ1) is 9.01. The third kappa shape index (κ3) is 3.27. The molecule has 8 heteroatoms. The van der Waals surface area contributed by atoms with E-state index in [4.69, 9.17) is 11.6 Å². The van der Waals surface area contributed by atoms with Crippen LogP contribution in [0.4, 0.5) is 5.69 Å². The van der Waals surface area contributed by atoms with Gasteiger partial charge in [0.1, 0.15) is 11.4 Å². The van der Waals surface area contributed by atoms with Gasteiger partial charge in [0.2, 0.25) is 0 Å². The molecule has 0 amide bonds. The second-order valence-corrected chi connectivity index (χ2v) is 5.79. The first-order valence-electron chi connectivity index (χ1n) is 5.14. The van der Waals surface area contributed by atoms with Gasteiger partial charge in [0.05, 0.1) is 10.6 Å². The van der Waals surface area contributed by atoms with E-state index in [1.165, 1.54) is 23.4 Å². The molecule has 0 aromatic heterocycles. The highest BCUT2D eigenvalue weighted by Crippen LogP contribution is 2.16. The van der Waals surface area contributed by atoms with Gasteiger partial charge in [-0.2, -0.15) is 0 Å². The largest absolute Gasteiger partial charge is 0.263 e. The van der Waals surface area contributed by atoms with E-state index >= 15 is 0 Å². The van der Waals surface area contributed by atoms with Crippen LogP contribution in [0.2, 0.25) is 0 Å². The summed E-state index contributed by atoms with van der Waals surface area (Å²) in [5.74, 6) is 0. The molecule has 1 aromatic rings. The maximum absolute atomic E-state index is 11.5. The Bertz CT molecular complexity index is 637. The maximum Gasteiger partial charge on any atom is 0.199 e. The molecule has 0 saturated heterocycles. The van der Waals surface area contributed by atoms with E-state index in [2.05, 4.69) is 28.7 Å². The number of nitrogens with one attached hydrogen (secondary N) is 2. The number of nitrogens with zero attached hydrogens (tertiary/aromatic N) is 2. The summed E-state index contributed by atoms with van der Waals surface area (Å²) in [4.78, 5) is 0.174. The summed E-state index contributed by atoms with van der Waals surface area (Å²) in [5.41, 5.74) is 6.19. The Kier molecular flexibility index (Phi) is 3.77. The van der Waals surface area contributed by atoms with Gasteiger partial charge in [0.15, 0.2) is 9.84 Å². The number of sulfone groups is 1. The predicted molar refractivity (Wildman–Crippen MR) is 73.8 cm³/mol. The lowest BCUT2D eigenvalue weighted by atomic mass is 10.3. The average molecular weight is 298 g/mol. The van der Waals surface area contributed by atoms with Crippen molar-refractivity contribution < 1.29 is 8.42 Å². The van der Waals surface area contributed by atoms with E-state index < -0.39 is 9.84 Å². The molecule has 1 aliphatic heterocycles. The lowest BCUT2D eigenvalue weighted by Crippen LogP contribution is -2.38. The van der Waals surface area contributed by atoms with Crippen molar-refractivity contribution in [3.63, 3.8) is 0 Å². The zero-order valence-electron chi connectivity index (χ0n) is 9.67. The van der Waals surface area contributed by atoms with Crippen molar-refractivity contribution in [1.29, 1.82) is 0 Å². The number of benzene rings is 1. The molecular formula is C11H10ClN4O2S. The van der Waals surface area contributed by atoms with Gasteiger partial charge in [0.25, 0.3) is 0 Å². The number of allylic oxidation sites excluding steroid dienone is 1. The Morgan fingerprint density at radius 3 is 2.68 bits per heavy atom. The van der Waals surface area contributed by atoms with Crippen molar-refractivity contribution >= 4 is 33.3 Å². The van der Waals surface area contributed by atoms with Crippen LogP contribution in [0, 0.1) is 0 Å². The molecule has 2 rings (SSSR count). The van der Waals surface area contributed by atoms with Gasteiger partial charge < -0.3 is 0 Å². The summed E-state index contributed by atoms with van der Waals surface area (Å²) in [6, 6.07) is 6.13. The molecule has 0 unspecified atom stereocenters. The molecule has 19 heavy (non-hydrogen) atoms. The standard InChI is InChI=1S/C11H10ClN4O2S/c1-2-19(17,18)10-5-3-9(4-6-10)14-16-13-8-7-11(12)15-16/h2-7,14-15H,1H2. The monoisotopic (exact) mass is 297 g/mol. The molecule has 1 radical (unpaired) electrons. The van der Waals surface area contributed by atoms with Gasteiger partial charge in [-0.05, 0) is 24.3 Å². The van der Waals surface area contributed by atoms with E-state index in [9.17, 15) is 8.42 Å². The lowest BCUT2D eigenvalue weighted by Gasteiger charge is -2.23. The molecule has 99 valence electrons. The van der Waals surface area contributed by atoms with Crippen molar-refractivity contribution in [2.24, 2.45) is 5.10 Å².